The lowest BCUT2D eigenvalue weighted by atomic mass is 10.2. The molecule has 0 aliphatic rings. The summed E-state index contributed by atoms with van der Waals surface area (Å²) in [5, 5.41) is 8.65. The lowest BCUT2D eigenvalue weighted by Crippen LogP contribution is -1.95. The highest BCUT2D eigenvalue weighted by Gasteiger charge is 2.03. The number of rotatable bonds is 3. The Morgan fingerprint density at radius 2 is 2.17 bits per heavy atom. The summed E-state index contributed by atoms with van der Waals surface area (Å²) in [6, 6.07) is 9.62. The molecular formula is C13H11N3O2. The van der Waals surface area contributed by atoms with Crippen LogP contribution in [0.5, 0.6) is 5.75 Å². The Kier molecular flexibility index (Phi) is 2.64. The number of hydrogen-bond donors (Lipinski definition) is 0. The number of aromatic nitrogens is 3. The maximum Gasteiger partial charge on any atom is 0.253 e. The molecule has 0 unspecified atom stereocenters. The van der Waals surface area contributed by atoms with Gasteiger partial charge in [-0.3, -0.25) is 4.98 Å². The third kappa shape index (κ3) is 2.15. The van der Waals surface area contributed by atoms with E-state index in [0.29, 0.717) is 11.8 Å². The number of ether oxygens (including phenoxy) is 1. The van der Waals surface area contributed by atoms with Crippen LogP contribution in [0.15, 0.2) is 40.9 Å². The van der Waals surface area contributed by atoms with Crippen molar-refractivity contribution in [1.82, 2.24) is 15.2 Å². The predicted molar refractivity (Wildman–Crippen MR) is 65.1 cm³/mol. The van der Waals surface area contributed by atoms with Crippen molar-refractivity contribution in [2.24, 2.45) is 0 Å². The van der Waals surface area contributed by atoms with Gasteiger partial charge in [-0.1, -0.05) is 6.07 Å². The van der Waals surface area contributed by atoms with Gasteiger partial charge in [0, 0.05) is 18.5 Å². The molecule has 0 fully saturated rings. The predicted octanol–water partition coefficient (Wildman–Crippen LogP) is 2.51. The first-order chi connectivity index (χ1) is 8.81. The molecule has 90 valence electrons. The van der Waals surface area contributed by atoms with Gasteiger partial charge in [0.2, 0.25) is 5.89 Å². The lowest BCUT2D eigenvalue weighted by molar-refractivity contribution is 0.260. The van der Waals surface area contributed by atoms with Gasteiger partial charge in [0.15, 0.2) is 6.61 Å². The van der Waals surface area contributed by atoms with Crippen molar-refractivity contribution < 1.29 is 9.15 Å². The van der Waals surface area contributed by atoms with Gasteiger partial charge in [-0.2, -0.15) is 0 Å². The Bertz CT molecular complexity index is 679. The molecule has 0 N–H and O–H groups in total. The average Bonchev–Trinajstić information content (AvgIpc) is 2.82. The van der Waals surface area contributed by atoms with E-state index in [9.17, 15) is 0 Å². The Morgan fingerprint density at radius 3 is 3.00 bits per heavy atom. The molecule has 0 bridgehead atoms. The largest absolute Gasteiger partial charge is 0.484 e. The first-order valence-corrected chi connectivity index (χ1v) is 5.58. The second-order valence-electron chi connectivity index (χ2n) is 3.86. The molecule has 18 heavy (non-hydrogen) atoms. The smallest absolute Gasteiger partial charge is 0.253 e. The summed E-state index contributed by atoms with van der Waals surface area (Å²) in [5.74, 6) is 1.77. The van der Waals surface area contributed by atoms with Gasteiger partial charge in [-0.25, -0.2) is 0 Å². The van der Waals surface area contributed by atoms with Gasteiger partial charge in [-0.15, -0.1) is 10.2 Å². The number of fused-ring (bicyclic) bond motifs is 1. The van der Waals surface area contributed by atoms with E-state index in [0.717, 1.165) is 16.7 Å². The summed E-state index contributed by atoms with van der Waals surface area (Å²) in [4.78, 5) is 4.25. The fraction of sp³-hybridized carbons (Fsp3) is 0.154. The molecule has 1 aromatic carbocycles. The van der Waals surface area contributed by atoms with Crippen LogP contribution < -0.4 is 4.74 Å². The Hall–Kier alpha value is -2.43. The lowest BCUT2D eigenvalue weighted by Gasteiger charge is -2.04. The zero-order chi connectivity index (χ0) is 12.4. The number of nitrogens with zero attached hydrogens (tertiary/aromatic N) is 3. The molecule has 0 atom stereocenters. The number of pyridine rings is 1. The first kappa shape index (κ1) is 10.7. The summed E-state index contributed by atoms with van der Waals surface area (Å²) < 4.78 is 10.8. The van der Waals surface area contributed by atoms with Gasteiger partial charge in [0.1, 0.15) is 5.75 Å². The molecule has 2 heterocycles. The SMILES string of the molecule is Cc1nnc(COc2ccc3ncccc3c2)o1. The average molecular weight is 241 g/mol. The normalized spacial score (nSPS) is 10.7. The van der Waals surface area contributed by atoms with E-state index in [2.05, 4.69) is 15.2 Å². The van der Waals surface area contributed by atoms with Crippen LogP contribution in [0.3, 0.4) is 0 Å². The van der Waals surface area contributed by atoms with Crippen molar-refractivity contribution in [3.05, 3.63) is 48.3 Å². The van der Waals surface area contributed by atoms with Crippen LogP contribution in [0.1, 0.15) is 11.8 Å². The molecule has 3 aromatic rings. The zero-order valence-corrected chi connectivity index (χ0v) is 9.83. The minimum atomic E-state index is 0.270. The standard InChI is InChI=1S/C13H11N3O2/c1-9-15-16-13(18-9)8-17-11-4-5-12-10(7-11)3-2-6-14-12/h2-7H,8H2,1H3. The van der Waals surface area contributed by atoms with Gasteiger partial charge in [-0.05, 0) is 24.3 Å². The fourth-order valence-corrected chi connectivity index (χ4v) is 1.68. The number of aryl methyl sites for hydroxylation is 1. The van der Waals surface area contributed by atoms with Gasteiger partial charge in [0.25, 0.3) is 5.89 Å². The zero-order valence-electron chi connectivity index (χ0n) is 9.83. The maximum absolute atomic E-state index is 5.59. The molecule has 3 rings (SSSR count). The molecule has 0 radical (unpaired) electrons. The Balaban J connectivity index is 1.78. The van der Waals surface area contributed by atoms with Crippen molar-refractivity contribution in [1.29, 1.82) is 0 Å². The Morgan fingerprint density at radius 1 is 1.22 bits per heavy atom. The number of benzene rings is 1. The second kappa shape index (κ2) is 4.44. The molecule has 5 heteroatoms. The first-order valence-electron chi connectivity index (χ1n) is 5.58. The third-order valence-corrected chi connectivity index (χ3v) is 2.50. The van der Waals surface area contributed by atoms with Crippen LogP contribution in [0.4, 0.5) is 0 Å². The van der Waals surface area contributed by atoms with E-state index in [1.54, 1.807) is 13.1 Å². The van der Waals surface area contributed by atoms with Crippen molar-refractivity contribution >= 4 is 10.9 Å². The molecule has 0 aliphatic carbocycles. The highest BCUT2D eigenvalue weighted by atomic mass is 16.5. The topological polar surface area (TPSA) is 61.0 Å². The molecule has 5 nitrogen and oxygen atoms in total. The van der Waals surface area contributed by atoms with Gasteiger partial charge in [0.05, 0.1) is 5.52 Å². The molecule has 0 amide bonds. The number of hydrogen-bond acceptors (Lipinski definition) is 5. The monoisotopic (exact) mass is 241 g/mol. The van der Waals surface area contributed by atoms with Gasteiger partial charge < -0.3 is 9.15 Å². The van der Waals surface area contributed by atoms with Crippen LogP contribution in [-0.2, 0) is 6.61 Å². The molecule has 0 saturated heterocycles. The van der Waals surface area contributed by atoms with E-state index in [1.165, 1.54) is 0 Å². The highest BCUT2D eigenvalue weighted by molar-refractivity contribution is 5.79. The van der Waals surface area contributed by atoms with Crippen LogP contribution in [-0.4, -0.2) is 15.2 Å². The fourth-order valence-electron chi connectivity index (χ4n) is 1.68. The maximum atomic E-state index is 5.59. The quantitative estimate of drug-likeness (QED) is 0.705. The van der Waals surface area contributed by atoms with Crippen molar-refractivity contribution in [2.75, 3.05) is 0 Å². The summed E-state index contributed by atoms with van der Waals surface area (Å²) in [6.07, 6.45) is 1.77. The van der Waals surface area contributed by atoms with Crippen molar-refractivity contribution in [3.8, 4) is 5.75 Å². The van der Waals surface area contributed by atoms with Gasteiger partial charge >= 0.3 is 0 Å². The minimum Gasteiger partial charge on any atom is -0.484 e. The van der Waals surface area contributed by atoms with E-state index >= 15 is 0 Å². The van der Waals surface area contributed by atoms with Crippen molar-refractivity contribution in [3.63, 3.8) is 0 Å². The summed E-state index contributed by atoms with van der Waals surface area (Å²) in [6.45, 7) is 2.02. The molecular weight excluding hydrogens is 230 g/mol. The molecule has 0 aliphatic heterocycles. The summed E-state index contributed by atoms with van der Waals surface area (Å²) >= 11 is 0. The van der Waals surface area contributed by atoms with Crippen LogP contribution >= 0.6 is 0 Å². The van der Waals surface area contributed by atoms with Crippen LogP contribution in [0.25, 0.3) is 10.9 Å². The van der Waals surface area contributed by atoms with Crippen molar-refractivity contribution in [2.45, 2.75) is 13.5 Å². The van der Waals surface area contributed by atoms with E-state index < -0.39 is 0 Å². The Labute approximate surface area is 103 Å². The third-order valence-electron chi connectivity index (χ3n) is 2.50. The summed E-state index contributed by atoms with van der Waals surface area (Å²) in [5.41, 5.74) is 0.943. The molecule has 0 saturated carbocycles. The molecule has 2 aromatic heterocycles. The van der Waals surface area contributed by atoms with Crippen LogP contribution in [0.2, 0.25) is 0 Å². The highest BCUT2D eigenvalue weighted by Crippen LogP contribution is 2.19. The van der Waals surface area contributed by atoms with E-state index in [-0.39, 0.29) is 6.61 Å². The van der Waals surface area contributed by atoms with E-state index in [1.807, 2.05) is 30.3 Å². The second-order valence-corrected chi connectivity index (χ2v) is 3.86. The van der Waals surface area contributed by atoms with Crippen LogP contribution in [0, 0.1) is 6.92 Å². The summed E-state index contributed by atoms with van der Waals surface area (Å²) in [7, 11) is 0. The van der Waals surface area contributed by atoms with E-state index in [4.69, 9.17) is 9.15 Å². The minimum absolute atomic E-state index is 0.270. The molecule has 0 spiro atoms.